The zero-order valence-electron chi connectivity index (χ0n) is 12.8. The summed E-state index contributed by atoms with van der Waals surface area (Å²) < 4.78 is 2.40. The second kappa shape index (κ2) is 4.86. The summed E-state index contributed by atoms with van der Waals surface area (Å²) in [4.78, 5) is 0. The van der Waals surface area contributed by atoms with Crippen molar-refractivity contribution in [1.29, 1.82) is 0 Å². The molecule has 1 unspecified atom stereocenters. The molecule has 0 amide bonds. The SMILES string of the molecule is CC(C)C(C)n1ccc2cc(Cl)cc(C(C)(C)C)c21. The second-order valence-electron chi connectivity index (χ2n) is 6.85. The maximum absolute atomic E-state index is 6.27. The largest absolute Gasteiger partial charge is 0.344 e. The van der Waals surface area contributed by atoms with Crippen molar-refractivity contribution in [2.24, 2.45) is 5.92 Å². The minimum atomic E-state index is 0.0932. The minimum Gasteiger partial charge on any atom is -0.344 e. The normalized spacial score (nSPS) is 14.3. The molecule has 0 saturated heterocycles. The van der Waals surface area contributed by atoms with Crippen molar-refractivity contribution in [2.75, 3.05) is 0 Å². The molecule has 0 aliphatic rings. The molecule has 0 N–H and O–H groups in total. The van der Waals surface area contributed by atoms with Gasteiger partial charge in [0.2, 0.25) is 0 Å². The van der Waals surface area contributed by atoms with Crippen molar-refractivity contribution in [3.63, 3.8) is 0 Å². The molecule has 0 radical (unpaired) electrons. The summed E-state index contributed by atoms with van der Waals surface area (Å²) in [5, 5.41) is 2.07. The summed E-state index contributed by atoms with van der Waals surface area (Å²) in [6, 6.07) is 6.85. The van der Waals surface area contributed by atoms with Gasteiger partial charge in [-0.25, -0.2) is 0 Å². The zero-order chi connectivity index (χ0) is 14.4. The Morgan fingerprint density at radius 3 is 2.26 bits per heavy atom. The number of aromatic nitrogens is 1. The summed E-state index contributed by atoms with van der Waals surface area (Å²) >= 11 is 6.27. The smallest absolute Gasteiger partial charge is 0.0521 e. The van der Waals surface area contributed by atoms with Gasteiger partial charge in [-0.2, -0.15) is 0 Å². The lowest BCUT2D eigenvalue weighted by Gasteiger charge is -2.25. The Morgan fingerprint density at radius 2 is 1.74 bits per heavy atom. The van der Waals surface area contributed by atoms with Crippen molar-refractivity contribution in [3.8, 4) is 0 Å². The lowest BCUT2D eigenvalue weighted by atomic mass is 9.85. The van der Waals surface area contributed by atoms with Crippen LogP contribution in [0, 0.1) is 5.92 Å². The van der Waals surface area contributed by atoms with Gasteiger partial charge >= 0.3 is 0 Å². The van der Waals surface area contributed by atoms with Gasteiger partial charge in [0.15, 0.2) is 0 Å². The standard InChI is InChI=1S/C17H24ClN/c1-11(2)12(3)19-8-7-13-9-14(18)10-15(16(13)19)17(4,5)6/h7-12H,1-6H3. The van der Waals surface area contributed by atoms with Crippen LogP contribution in [0.15, 0.2) is 24.4 Å². The average Bonchev–Trinajstić information content (AvgIpc) is 2.68. The van der Waals surface area contributed by atoms with Gasteiger partial charge in [0.1, 0.15) is 0 Å². The fourth-order valence-electron chi connectivity index (χ4n) is 2.50. The summed E-state index contributed by atoms with van der Waals surface area (Å²) in [7, 11) is 0. The van der Waals surface area contributed by atoms with Gasteiger partial charge in [-0.3, -0.25) is 0 Å². The lowest BCUT2D eigenvalue weighted by Crippen LogP contribution is -2.16. The third-order valence-corrected chi connectivity index (χ3v) is 4.21. The second-order valence-corrected chi connectivity index (χ2v) is 7.29. The molecule has 2 heteroatoms. The van der Waals surface area contributed by atoms with E-state index in [-0.39, 0.29) is 5.41 Å². The molecule has 1 heterocycles. The number of hydrogen-bond donors (Lipinski definition) is 0. The molecule has 2 rings (SSSR count). The molecule has 2 aromatic rings. The predicted molar refractivity (Wildman–Crippen MR) is 85.2 cm³/mol. The van der Waals surface area contributed by atoms with Gasteiger partial charge in [-0.15, -0.1) is 0 Å². The first kappa shape index (κ1) is 14.5. The molecular weight excluding hydrogens is 254 g/mol. The van der Waals surface area contributed by atoms with Crippen molar-refractivity contribution in [3.05, 3.63) is 35.0 Å². The molecule has 0 spiro atoms. The van der Waals surface area contributed by atoms with E-state index >= 15 is 0 Å². The highest BCUT2D eigenvalue weighted by atomic mass is 35.5. The maximum atomic E-state index is 6.27. The van der Waals surface area contributed by atoms with E-state index in [1.165, 1.54) is 16.5 Å². The van der Waals surface area contributed by atoms with Crippen LogP contribution in [0.5, 0.6) is 0 Å². The first-order valence-electron chi connectivity index (χ1n) is 7.02. The van der Waals surface area contributed by atoms with Crippen LogP contribution >= 0.6 is 11.6 Å². The van der Waals surface area contributed by atoms with Crippen LogP contribution < -0.4 is 0 Å². The zero-order valence-corrected chi connectivity index (χ0v) is 13.5. The number of nitrogens with zero attached hydrogens (tertiary/aromatic N) is 1. The fraction of sp³-hybridized carbons (Fsp3) is 0.529. The van der Waals surface area contributed by atoms with E-state index in [0.29, 0.717) is 12.0 Å². The third kappa shape index (κ3) is 2.67. The van der Waals surface area contributed by atoms with Gasteiger partial charge < -0.3 is 4.57 Å². The Labute approximate surface area is 121 Å². The van der Waals surface area contributed by atoms with Crippen LogP contribution in [0.3, 0.4) is 0 Å². The summed E-state index contributed by atoms with van der Waals surface area (Å²) in [5.41, 5.74) is 2.75. The third-order valence-electron chi connectivity index (χ3n) is 3.99. The molecule has 0 bridgehead atoms. The first-order valence-corrected chi connectivity index (χ1v) is 7.40. The van der Waals surface area contributed by atoms with E-state index in [9.17, 15) is 0 Å². The van der Waals surface area contributed by atoms with Crippen LogP contribution in [-0.4, -0.2) is 4.57 Å². The van der Waals surface area contributed by atoms with E-state index in [4.69, 9.17) is 11.6 Å². The molecule has 1 aromatic heterocycles. The van der Waals surface area contributed by atoms with Crippen LogP contribution in [-0.2, 0) is 5.41 Å². The fourth-order valence-corrected chi connectivity index (χ4v) is 2.73. The number of benzene rings is 1. The van der Waals surface area contributed by atoms with Gasteiger partial charge in [-0.1, -0.05) is 46.2 Å². The van der Waals surface area contributed by atoms with Crippen molar-refractivity contribution >= 4 is 22.5 Å². The lowest BCUT2D eigenvalue weighted by molar-refractivity contribution is 0.416. The van der Waals surface area contributed by atoms with Crippen LogP contribution in [0.1, 0.15) is 53.1 Å². The molecule has 104 valence electrons. The predicted octanol–water partition coefficient (Wildman–Crippen LogP) is 5.81. The number of fused-ring (bicyclic) bond motifs is 1. The Bertz CT molecular complexity index is 587. The van der Waals surface area contributed by atoms with E-state index in [1.807, 2.05) is 0 Å². The molecule has 19 heavy (non-hydrogen) atoms. The van der Waals surface area contributed by atoms with E-state index in [2.05, 4.69) is 70.5 Å². The van der Waals surface area contributed by atoms with Crippen LogP contribution in [0.4, 0.5) is 0 Å². The maximum Gasteiger partial charge on any atom is 0.0521 e. The highest BCUT2D eigenvalue weighted by molar-refractivity contribution is 6.31. The molecule has 0 aliphatic heterocycles. The Morgan fingerprint density at radius 1 is 1.11 bits per heavy atom. The average molecular weight is 278 g/mol. The van der Waals surface area contributed by atoms with E-state index < -0.39 is 0 Å². The number of hydrogen-bond acceptors (Lipinski definition) is 0. The highest BCUT2D eigenvalue weighted by Gasteiger charge is 2.22. The molecule has 1 aromatic carbocycles. The Balaban J connectivity index is 2.76. The molecule has 1 atom stereocenters. The minimum absolute atomic E-state index is 0.0932. The van der Waals surface area contributed by atoms with Crippen molar-refractivity contribution in [1.82, 2.24) is 4.57 Å². The number of halogens is 1. The van der Waals surface area contributed by atoms with Gasteiger partial charge in [0.05, 0.1) is 5.52 Å². The summed E-state index contributed by atoms with van der Waals surface area (Å²) in [6.07, 6.45) is 2.20. The van der Waals surface area contributed by atoms with Crippen LogP contribution in [0.25, 0.3) is 10.9 Å². The first-order chi connectivity index (χ1) is 8.71. The molecule has 0 saturated carbocycles. The molecular formula is C17H24ClN. The van der Waals surface area contributed by atoms with Crippen molar-refractivity contribution < 1.29 is 0 Å². The van der Waals surface area contributed by atoms with Gasteiger partial charge in [0, 0.05) is 22.6 Å². The van der Waals surface area contributed by atoms with Crippen LogP contribution in [0.2, 0.25) is 5.02 Å². The van der Waals surface area contributed by atoms with Gasteiger partial charge in [0.25, 0.3) is 0 Å². The quantitative estimate of drug-likeness (QED) is 0.653. The molecule has 0 fully saturated rings. The van der Waals surface area contributed by atoms with E-state index in [0.717, 1.165) is 5.02 Å². The number of rotatable bonds is 2. The monoisotopic (exact) mass is 277 g/mol. The van der Waals surface area contributed by atoms with Crippen molar-refractivity contribution in [2.45, 2.75) is 53.0 Å². The van der Waals surface area contributed by atoms with Gasteiger partial charge in [-0.05, 0) is 42.0 Å². The molecule has 0 aliphatic carbocycles. The topological polar surface area (TPSA) is 4.93 Å². The Kier molecular flexibility index (Phi) is 3.70. The van der Waals surface area contributed by atoms with E-state index in [1.54, 1.807) is 0 Å². The summed E-state index contributed by atoms with van der Waals surface area (Å²) in [5.74, 6) is 0.610. The summed E-state index contributed by atoms with van der Waals surface area (Å²) in [6.45, 7) is 13.6. The Hall–Kier alpha value is -0.950. The molecule has 1 nitrogen and oxygen atoms in total. The highest BCUT2D eigenvalue weighted by Crippen LogP contribution is 2.35.